The molecule has 1 saturated carbocycles. The van der Waals surface area contributed by atoms with E-state index >= 15 is 0 Å². The van der Waals surface area contributed by atoms with Crippen molar-refractivity contribution in [3.05, 3.63) is 58.6 Å². The number of carbonyl (C=O) groups excluding carboxylic acids is 1. The third-order valence-corrected chi connectivity index (χ3v) is 6.93. The van der Waals surface area contributed by atoms with Crippen LogP contribution in [0.1, 0.15) is 42.4 Å². The second-order valence-corrected chi connectivity index (χ2v) is 8.44. The monoisotopic (exact) mass is 379 g/mol. The van der Waals surface area contributed by atoms with E-state index in [0.29, 0.717) is 24.8 Å². The summed E-state index contributed by atoms with van der Waals surface area (Å²) in [7, 11) is 0. The van der Waals surface area contributed by atoms with Gasteiger partial charge in [-0.25, -0.2) is 0 Å². The van der Waals surface area contributed by atoms with Gasteiger partial charge in [0.15, 0.2) is 0 Å². The summed E-state index contributed by atoms with van der Waals surface area (Å²) in [6.45, 7) is 1.34. The van der Waals surface area contributed by atoms with Crippen molar-refractivity contribution >= 4 is 17.2 Å². The zero-order chi connectivity index (χ0) is 18.3. The first kappa shape index (κ1) is 16.7. The Kier molecular flexibility index (Phi) is 4.08. The van der Waals surface area contributed by atoms with Crippen molar-refractivity contribution in [2.24, 2.45) is 0 Å². The van der Waals surface area contributed by atoms with Gasteiger partial charge in [-0.1, -0.05) is 54.4 Å². The number of hydrogen-bond donors (Lipinski definition) is 0. The Labute approximate surface area is 162 Å². The highest BCUT2D eigenvalue weighted by molar-refractivity contribution is 7.10. The molecule has 1 aliphatic carbocycles. The van der Waals surface area contributed by atoms with Crippen LogP contribution in [0.3, 0.4) is 0 Å². The second-order valence-electron chi connectivity index (χ2n) is 7.50. The van der Waals surface area contributed by atoms with Crippen LogP contribution < -0.4 is 0 Å². The fraction of sp³-hybridized carbons (Fsp3) is 0.381. The van der Waals surface area contributed by atoms with E-state index in [9.17, 15) is 4.79 Å². The van der Waals surface area contributed by atoms with Gasteiger partial charge in [0.25, 0.3) is 0 Å². The average Bonchev–Trinajstić information content (AvgIpc) is 3.41. The molecule has 5 rings (SSSR count). The minimum absolute atomic E-state index is 0.140. The van der Waals surface area contributed by atoms with E-state index in [1.807, 2.05) is 35.2 Å². The van der Waals surface area contributed by atoms with Crippen molar-refractivity contribution in [1.29, 1.82) is 0 Å². The molecule has 5 nitrogen and oxygen atoms in total. The molecule has 2 aromatic heterocycles. The number of hydrogen-bond acceptors (Lipinski definition) is 5. The predicted molar refractivity (Wildman–Crippen MR) is 104 cm³/mol. The summed E-state index contributed by atoms with van der Waals surface area (Å²) in [5.74, 6) is 1.66. The van der Waals surface area contributed by atoms with E-state index in [0.717, 1.165) is 31.2 Å². The number of likely N-dealkylation sites (tertiary alicyclic amines) is 1. The summed E-state index contributed by atoms with van der Waals surface area (Å²) < 4.78 is 5.48. The van der Waals surface area contributed by atoms with E-state index in [1.54, 1.807) is 11.3 Å². The van der Waals surface area contributed by atoms with E-state index in [-0.39, 0.29) is 17.2 Å². The molecular weight excluding hydrogens is 358 g/mol. The molecule has 1 amide bonds. The Morgan fingerprint density at radius 1 is 1.11 bits per heavy atom. The van der Waals surface area contributed by atoms with E-state index in [2.05, 4.69) is 27.7 Å². The van der Waals surface area contributed by atoms with E-state index < -0.39 is 0 Å². The molecule has 0 unspecified atom stereocenters. The molecule has 0 spiro atoms. The summed E-state index contributed by atoms with van der Waals surface area (Å²) in [6.07, 6.45) is 4.19. The van der Waals surface area contributed by atoms with Gasteiger partial charge in [-0.05, 0) is 24.3 Å². The van der Waals surface area contributed by atoms with Crippen LogP contribution in [0.25, 0.3) is 11.4 Å². The van der Waals surface area contributed by atoms with Gasteiger partial charge < -0.3 is 9.42 Å². The average molecular weight is 379 g/mol. The lowest BCUT2D eigenvalue weighted by Gasteiger charge is -2.42. The number of carbonyl (C=O) groups is 1. The van der Waals surface area contributed by atoms with Gasteiger partial charge in [0.1, 0.15) is 0 Å². The predicted octanol–water partition coefficient (Wildman–Crippen LogP) is 4.24. The highest BCUT2D eigenvalue weighted by Gasteiger charge is 2.49. The maximum Gasteiger partial charge on any atom is 0.234 e. The first-order valence-corrected chi connectivity index (χ1v) is 10.4. The highest BCUT2D eigenvalue weighted by Crippen LogP contribution is 2.46. The minimum atomic E-state index is -0.302. The molecule has 138 valence electrons. The summed E-state index contributed by atoms with van der Waals surface area (Å²) in [4.78, 5) is 21.1. The van der Waals surface area contributed by atoms with Crippen molar-refractivity contribution in [1.82, 2.24) is 15.0 Å². The fourth-order valence-corrected chi connectivity index (χ4v) is 5.28. The molecule has 0 N–H and O–H groups in total. The molecule has 6 heteroatoms. The number of thiophene rings is 1. The van der Waals surface area contributed by atoms with Crippen LogP contribution in [0, 0.1) is 0 Å². The first-order chi connectivity index (χ1) is 13.3. The molecule has 1 aliphatic heterocycles. The number of benzene rings is 1. The molecular formula is C21H21N3O2S. The second kappa shape index (κ2) is 6.60. The Hall–Kier alpha value is -2.47. The van der Waals surface area contributed by atoms with Crippen LogP contribution in [0.15, 0.2) is 52.4 Å². The third-order valence-electron chi connectivity index (χ3n) is 5.85. The highest BCUT2D eigenvalue weighted by atomic mass is 32.1. The van der Waals surface area contributed by atoms with Crippen molar-refractivity contribution in [2.75, 3.05) is 13.1 Å². The van der Waals surface area contributed by atoms with E-state index in [1.165, 1.54) is 4.88 Å². The smallest absolute Gasteiger partial charge is 0.234 e. The molecule has 0 atom stereocenters. The quantitative estimate of drug-likeness (QED) is 0.680. The van der Waals surface area contributed by atoms with Crippen molar-refractivity contribution in [3.63, 3.8) is 0 Å². The summed E-state index contributed by atoms with van der Waals surface area (Å²) in [5.41, 5.74) is 0.644. The van der Waals surface area contributed by atoms with Gasteiger partial charge >= 0.3 is 0 Å². The van der Waals surface area contributed by atoms with Gasteiger partial charge in [0.05, 0.1) is 11.3 Å². The van der Waals surface area contributed by atoms with Crippen LogP contribution >= 0.6 is 11.3 Å². The molecule has 27 heavy (non-hydrogen) atoms. The van der Waals surface area contributed by atoms with Crippen molar-refractivity contribution in [2.45, 2.75) is 37.0 Å². The van der Waals surface area contributed by atoms with Crippen LogP contribution in [0.5, 0.6) is 0 Å². The Morgan fingerprint density at radius 2 is 1.89 bits per heavy atom. The maximum atomic E-state index is 13.3. The number of amides is 1. The molecule has 3 heterocycles. The van der Waals surface area contributed by atoms with Crippen LogP contribution in [0.4, 0.5) is 0 Å². The van der Waals surface area contributed by atoms with Crippen molar-refractivity contribution in [3.8, 4) is 11.4 Å². The van der Waals surface area contributed by atoms with Gasteiger partial charge in [-0.15, -0.1) is 11.3 Å². The lowest BCUT2D eigenvalue weighted by Crippen LogP contribution is -2.55. The van der Waals surface area contributed by atoms with Crippen LogP contribution in [-0.4, -0.2) is 34.0 Å². The van der Waals surface area contributed by atoms with Crippen LogP contribution in [-0.2, 0) is 10.2 Å². The number of rotatable bonds is 4. The number of aromatic nitrogens is 2. The SMILES string of the molecule is O=C(N1CC(c2nc(-c3ccccc3)no2)C1)C1(c2cccs2)CCCC1. The minimum Gasteiger partial charge on any atom is -0.340 e. The molecule has 2 aliphatic rings. The molecule has 2 fully saturated rings. The Bertz CT molecular complexity index is 924. The first-order valence-electron chi connectivity index (χ1n) is 9.49. The normalized spacial score (nSPS) is 19.2. The molecule has 1 saturated heterocycles. The zero-order valence-corrected chi connectivity index (χ0v) is 15.8. The largest absolute Gasteiger partial charge is 0.340 e. The van der Waals surface area contributed by atoms with Crippen LogP contribution in [0.2, 0.25) is 0 Å². The number of nitrogens with zero attached hydrogens (tertiary/aromatic N) is 3. The molecule has 1 aromatic carbocycles. The summed E-state index contributed by atoms with van der Waals surface area (Å²) >= 11 is 1.71. The standard InChI is InChI=1S/C21H21N3O2S/c25-20(21(10-4-5-11-21)17-9-6-12-27-17)24-13-16(14-24)19-22-18(23-26-19)15-7-2-1-3-8-15/h1-3,6-9,12,16H,4-5,10-11,13-14H2. The molecule has 0 radical (unpaired) electrons. The zero-order valence-electron chi connectivity index (χ0n) is 15.0. The third kappa shape index (κ3) is 2.79. The van der Waals surface area contributed by atoms with Gasteiger partial charge in [0.2, 0.25) is 17.6 Å². The summed E-state index contributed by atoms with van der Waals surface area (Å²) in [6, 6.07) is 14.0. The Morgan fingerprint density at radius 3 is 2.59 bits per heavy atom. The summed E-state index contributed by atoms with van der Waals surface area (Å²) in [5, 5.41) is 6.18. The molecule has 0 bridgehead atoms. The van der Waals surface area contributed by atoms with Crippen molar-refractivity contribution < 1.29 is 9.32 Å². The fourth-order valence-electron chi connectivity index (χ4n) is 4.30. The lowest BCUT2D eigenvalue weighted by molar-refractivity contribution is -0.142. The van der Waals surface area contributed by atoms with Gasteiger partial charge in [-0.2, -0.15) is 4.98 Å². The van der Waals surface area contributed by atoms with Gasteiger partial charge in [0, 0.05) is 23.5 Å². The maximum absolute atomic E-state index is 13.3. The van der Waals surface area contributed by atoms with Gasteiger partial charge in [-0.3, -0.25) is 4.79 Å². The lowest BCUT2D eigenvalue weighted by atomic mass is 9.81. The Balaban J connectivity index is 1.29. The topological polar surface area (TPSA) is 59.2 Å². The molecule has 3 aromatic rings. The van der Waals surface area contributed by atoms with E-state index in [4.69, 9.17) is 4.52 Å².